The highest BCUT2D eigenvalue weighted by atomic mass is 16.6. The fourth-order valence-electron chi connectivity index (χ4n) is 2.62. The van der Waals surface area contributed by atoms with Crippen molar-refractivity contribution in [2.75, 3.05) is 13.1 Å². The summed E-state index contributed by atoms with van der Waals surface area (Å²) in [6.45, 7) is 7.11. The van der Waals surface area contributed by atoms with Gasteiger partial charge in [-0.05, 0) is 33.6 Å². The Bertz CT molecular complexity index is 358. The Morgan fingerprint density at radius 3 is 2.40 bits per heavy atom. The molecule has 114 valence electrons. The summed E-state index contributed by atoms with van der Waals surface area (Å²) in [7, 11) is 0. The first-order valence-corrected chi connectivity index (χ1v) is 7.73. The number of rotatable bonds is 2. The first-order chi connectivity index (χ1) is 9.44. The zero-order valence-corrected chi connectivity index (χ0v) is 12.9. The average molecular weight is 281 g/mol. The van der Waals surface area contributed by atoms with E-state index < -0.39 is 5.60 Å². The van der Waals surface area contributed by atoms with Gasteiger partial charge in [0.1, 0.15) is 5.60 Å². The third-order valence-electron chi connectivity index (χ3n) is 3.75. The summed E-state index contributed by atoms with van der Waals surface area (Å²) in [5.74, 6) is 0. The molecule has 1 aliphatic heterocycles. The molecule has 5 heteroatoms. The predicted octanol–water partition coefficient (Wildman–Crippen LogP) is 2.91. The second-order valence-electron chi connectivity index (χ2n) is 6.76. The van der Waals surface area contributed by atoms with Crippen molar-refractivity contribution in [3.05, 3.63) is 0 Å². The van der Waals surface area contributed by atoms with E-state index in [2.05, 4.69) is 10.5 Å². The van der Waals surface area contributed by atoms with Crippen molar-refractivity contribution in [2.45, 2.75) is 70.9 Å². The highest BCUT2D eigenvalue weighted by Crippen LogP contribution is 2.18. The molecule has 0 atom stereocenters. The summed E-state index contributed by atoms with van der Waals surface area (Å²) < 4.78 is 5.39. The Labute approximate surface area is 121 Å². The fraction of sp³-hybridized carbons (Fsp3) is 0.867. The zero-order chi connectivity index (χ0) is 14.6. The summed E-state index contributed by atoms with van der Waals surface area (Å²) >= 11 is 0. The number of hydrogen-bond donors (Lipinski definition) is 1. The minimum absolute atomic E-state index is 0.208. The highest BCUT2D eigenvalue weighted by Gasteiger charge is 2.25. The van der Waals surface area contributed by atoms with Gasteiger partial charge in [-0.2, -0.15) is 5.10 Å². The van der Waals surface area contributed by atoms with Gasteiger partial charge in [0.05, 0.1) is 0 Å². The number of ether oxygens (including phenoxy) is 1. The Balaban J connectivity index is 1.74. The minimum Gasteiger partial charge on any atom is -0.444 e. The molecule has 0 aromatic heterocycles. The van der Waals surface area contributed by atoms with E-state index in [1.54, 1.807) is 4.90 Å². The van der Waals surface area contributed by atoms with Crippen molar-refractivity contribution < 1.29 is 9.53 Å². The zero-order valence-electron chi connectivity index (χ0n) is 12.9. The molecule has 1 heterocycles. The molecule has 1 amide bonds. The summed E-state index contributed by atoms with van der Waals surface area (Å²) in [5, 5.41) is 4.52. The minimum atomic E-state index is -0.421. The maximum Gasteiger partial charge on any atom is 0.410 e. The number of carbonyl (C=O) groups excluding carboxylic acids is 1. The van der Waals surface area contributed by atoms with Crippen LogP contribution in [0.3, 0.4) is 0 Å². The first-order valence-electron chi connectivity index (χ1n) is 7.73. The monoisotopic (exact) mass is 281 g/mol. The molecule has 1 aliphatic carbocycles. The molecular weight excluding hydrogens is 254 g/mol. The predicted molar refractivity (Wildman–Crippen MR) is 79.9 cm³/mol. The largest absolute Gasteiger partial charge is 0.444 e. The lowest BCUT2D eigenvalue weighted by molar-refractivity contribution is 0.0249. The van der Waals surface area contributed by atoms with Crippen LogP contribution < -0.4 is 5.43 Å². The van der Waals surface area contributed by atoms with Gasteiger partial charge in [-0.15, -0.1) is 0 Å². The smallest absolute Gasteiger partial charge is 0.410 e. The Morgan fingerprint density at radius 1 is 1.25 bits per heavy atom. The van der Waals surface area contributed by atoms with Crippen molar-refractivity contribution in [2.24, 2.45) is 5.10 Å². The Morgan fingerprint density at radius 2 is 1.85 bits per heavy atom. The normalized spacial score (nSPS) is 20.9. The second-order valence-corrected chi connectivity index (χ2v) is 6.76. The van der Waals surface area contributed by atoms with Gasteiger partial charge < -0.3 is 15.1 Å². The lowest BCUT2D eigenvalue weighted by Crippen LogP contribution is -2.42. The third kappa shape index (κ3) is 4.69. The van der Waals surface area contributed by atoms with Crippen LogP contribution in [0.2, 0.25) is 0 Å². The van der Waals surface area contributed by atoms with Crippen molar-refractivity contribution in [1.29, 1.82) is 0 Å². The van der Waals surface area contributed by atoms with Gasteiger partial charge in [0, 0.05) is 37.7 Å². The van der Waals surface area contributed by atoms with Crippen molar-refractivity contribution >= 4 is 11.8 Å². The maximum absolute atomic E-state index is 11.9. The number of amides is 1. The van der Waals surface area contributed by atoms with Crippen LogP contribution in [-0.4, -0.2) is 41.4 Å². The fourth-order valence-corrected chi connectivity index (χ4v) is 2.62. The van der Waals surface area contributed by atoms with Gasteiger partial charge in [-0.1, -0.05) is 12.8 Å². The van der Waals surface area contributed by atoms with Gasteiger partial charge in [-0.3, -0.25) is 0 Å². The lowest BCUT2D eigenvalue weighted by atomic mass is 10.1. The van der Waals surface area contributed by atoms with Crippen LogP contribution in [0.5, 0.6) is 0 Å². The van der Waals surface area contributed by atoms with E-state index in [0.717, 1.165) is 12.8 Å². The number of hydrogen-bond acceptors (Lipinski definition) is 4. The van der Waals surface area contributed by atoms with E-state index in [0.29, 0.717) is 19.1 Å². The van der Waals surface area contributed by atoms with E-state index in [4.69, 9.17) is 4.74 Å². The molecule has 2 aliphatic rings. The second kappa shape index (κ2) is 6.46. The van der Waals surface area contributed by atoms with E-state index >= 15 is 0 Å². The van der Waals surface area contributed by atoms with Gasteiger partial charge in [0.15, 0.2) is 0 Å². The standard InChI is InChI=1S/C15H27N3O2/c1-15(2,3)20-14(19)18-10-8-13(9-11-18)17-16-12-6-4-5-7-12/h12,16H,4-11H2,1-3H3. The molecule has 1 N–H and O–H groups in total. The third-order valence-corrected chi connectivity index (χ3v) is 3.75. The Kier molecular flexibility index (Phi) is 4.89. The van der Waals surface area contributed by atoms with Gasteiger partial charge in [0.25, 0.3) is 0 Å². The van der Waals surface area contributed by atoms with E-state index in [1.807, 2.05) is 20.8 Å². The van der Waals surface area contributed by atoms with Gasteiger partial charge in [-0.25, -0.2) is 4.79 Å². The van der Waals surface area contributed by atoms with Crippen LogP contribution in [0, 0.1) is 0 Å². The molecule has 0 spiro atoms. The number of hydrazone groups is 1. The number of carbonyl (C=O) groups is 1. The molecule has 0 unspecified atom stereocenters. The Hall–Kier alpha value is -1.26. The van der Waals surface area contributed by atoms with E-state index in [1.165, 1.54) is 31.4 Å². The number of nitrogens with zero attached hydrogens (tertiary/aromatic N) is 2. The molecule has 0 bridgehead atoms. The van der Waals surface area contributed by atoms with Crippen LogP contribution in [0.4, 0.5) is 4.79 Å². The van der Waals surface area contributed by atoms with E-state index in [9.17, 15) is 4.79 Å². The molecule has 5 nitrogen and oxygen atoms in total. The topological polar surface area (TPSA) is 53.9 Å². The highest BCUT2D eigenvalue weighted by molar-refractivity contribution is 5.86. The molecule has 0 aromatic rings. The molecule has 1 saturated carbocycles. The summed E-state index contributed by atoms with van der Waals surface area (Å²) in [6, 6.07) is 0.561. The van der Waals surface area contributed by atoms with E-state index in [-0.39, 0.29) is 6.09 Å². The van der Waals surface area contributed by atoms with Crippen molar-refractivity contribution in [3.8, 4) is 0 Å². The summed E-state index contributed by atoms with van der Waals surface area (Å²) in [4.78, 5) is 13.7. The average Bonchev–Trinajstić information content (AvgIpc) is 2.88. The van der Waals surface area contributed by atoms with Crippen LogP contribution >= 0.6 is 0 Å². The molecule has 0 aromatic carbocycles. The van der Waals surface area contributed by atoms with Crippen molar-refractivity contribution in [3.63, 3.8) is 0 Å². The molecular formula is C15H27N3O2. The van der Waals surface area contributed by atoms with Crippen LogP contribution in [0.1, 0.15) is 59.3 Å². The summed E-state index contributed by atoms with van der Waals surface area (Å²) in [6.07, 6.45) is 6.59. The number of piperidine rings is 1. The maximum atomic E-state index is 11.9. The lowest BCUT2D eigenvalue weighted by Gasteiger charge is -2.30. The summed E-state index contributed by atoms with van der Waals surface area (Å²) in [5.41, 5.74) is 4.04. The quantitative estimate of drug-likeness (QED) is 0.792. The molecule has 2 fully saturated rings. The first kappa shape index (κ1) is 15.1. The van der Waals surface area contributed by atoms with Crippen molar-refractivity contribution in [1.82, 2.24) is 10.3 Å². The number of likely N-dealkylation sites (tertiary alicyclic amines) is 1. The van der Waals surface area contributed by atoms with Gasteiger partial charge in [0.2, 0.25) is 0 Å². The SMILES string of the molecule is CC(C)(C)OC(=O)N1CCC(=NNC2CCCC2)CC1. The molecule has 1 saturated heterocycles. The molecule has 2 rings (SSSR count). The van der Waals surface area contributed by atoms with Crippen LogP contribution in [-0.2, 0) is 4.74 Å². The van der Waals surface area contributed by atoms with Gasteiger partial charge >= 0.3 is 6.09 Å². The van der Waals surface area contributed by atoms with Crippen LogP contribution in [0.15, 0.2) is 5.10 Å². The number of nitrogens with one attached hydrogen (secondary N) is 1. The van der Waals surface area contributed by atoms with Crippen LogP contribution in [0.25, 0.3) is 0 Å². The molecule has 20 heavy (non-hydrogen) atoms. The molecule has 0 radical (unpaired) electrons.